The Bertz CT molecular complexity index is 890. The summed E-state index contributed by atoms with van der Waals surface area (Å²) in [5.74, 6) is -0.376. The Kier molecular flexibility index (Phi) is 4.06. The largest absolute Gasteiger partial charge is 0.378 e. The lowest BCUT2D eigenvalue weighted by atomic mass is 9.92. The van der Waals surface area contributed by atoms with E-state index in [1.54, 1.807) is 20.1 Å². The van der Waals surface area contributed by atoms with Crippen LogP contribution < -0.4 is 10.5 Å². The van der Waals surface area contributed by atoms with Crippen molar-refractivity contribution in [2.24, 2.45) is 0 Å². The molecule has 0 atom stereocenters. The summed E-state index contributed by atoms with van der Waals surface area (Å²) in [7, 11) is 1.70. The van der Waals surface area contributed by atoms with Gasteiger partial charge < -0.3 is 14.6 Å². The quantitative estimate of drug-likeness (QED) is 0.920. The average molecular weight is 329 g/mol. The van der Waals surface area contributed by atoms with E-state index >= 15 is 0 Å². The lowest BCUT2D eigenvalue weighted by molar-refractivity contribution is -0.0132. The van der Waals surface area contributed by atoms with E-state index in [1.807, 2.05) is 11.0 Å². The van der Waals surface area contributed by atoms with E-state index in [9.17, 15) is 14.4 Å². The van der Waals surface area contributed by atoms with Crippen molar-refractivity contribution in [2.75, 3.05) is 25.1 Å². The maximum atomic E-state index is 13.9. The fourth-order valence-corrected chi connectivity index (χ4v) is 3.25. The summed E-state index contributed by atoms with van der Waals surface area (Å²) in [6.07, 6.45) is 1.59. The highest BCUT2D eigenvalue weighted by Crippen LogP contribution is 2.34. The third-order valence-electron chi connectivity index (χ3n) is 5.01. The SMILES string of the molecule is COC1(C)CCN(c2c(C#N)c(=O)[nH]c3cc(F)c(C)cc23)CC1. The number of nitrogens with zero attached hydrogens (tertiary/aromatic N) is 2. The van der Waals surface area contributed by atoms with Crippen LogP contribution >= 0.6 is 0 Å². The maximum absolute atomic E-state index is 13.9. The minimum Gasteiger partial charge on any atom is -0.378 e. The number of nitrogens with one attached hydrogen (secondary N) is 1. The van der Waals surface area contributed by atoms with Crippen LogP contribution in [0.15, 0.2) is 16.9 Å². The third kappa shape index (κ3) is 2.65. The van der Waals surface area contributed by atoms with Gasteiger partial charge in [-0.25, -0.2) is 4.39 Å². The number of methoxy groups -OCH3 is 1. The molecule has 0 spiro atoms. The zero-order chi connectivity index (χ0) is 17.5. The molecule has 1 aliphatic heterocycles. The van der Waals surface area contributed by atoms with Gasteiger partial charge in [-0.1, -0.05) is 0 Å². The number of hydrogen-bond acceptors (Lipinski definition) is 4. The van der Waals surface area contributed by atoms with Gasteiger partial charge in [-0.3, -0.25) is 4.79 Å². The maximum Gasteiger partial charge on any atom is 0.268 e. The monoisotopic (exact) mass is 329 g/mol. The molecule has 0 bridgehead atoms. The molecular formula is C18H20FN3O2. The zero-order valence-corrected chi connectivity index (χ0v) is 14.1. The number of nitriles is 1. The van der Waals surface area contributed by atoms with E-state index in [4.69, 9.17) is 4.74 Å². The molecule has 2 aromatic rings. The molecule has 0 unspecified atom stereocenters. The van der Waals surface area contributed by atoms with E-state index in [0.717, 1.165) is 12.8 Å². The van der Waals surface area contributed by atoms with Crippen LogP contribution in [0.4, 0.5) is 10.1 Å². The van der Waals surface area contributed by atoms with Crippen molar-refractivity contribution < 1.29 is 9.13 Å². The topological polar surface area (TPSA) is 69.1 Å². The second kappa shape index (κ2) is 5.91. The fraction of sp³-hybridized carbons (Fsp3) is 0.444. The van der Waals surface area contributed by atoms with Gasteiger partial charge in [0.05, 0.1) is 16.8 Å². The van der Waals surface area contributed by atoms with Crippen LogP contribution in [0.1, 0.15) is 30.9 Å². The number of aromatic amines is 1. The zero-order valence-electron chi connectivity index (χ0n) is 14.1. The number of ether oxygens (including phenoxy) is 1. The molecule has 126 valence electrons. The Morgan fingerprint density at radius 1 is 1.38 bits per heavy atom. The molecule has 0 saturated carbocycles. The van der Waals surface area contributed by atoms with Crippen molar-refractivity contribution in [2.45, 2.75) is 32.3 Å². The number of rotatable bonds is 2. The Hall–Kier alpha value is -2.39. The normalized spacial score (nSPS) is 17.0. The van der Waals surface area contributed by atoms with Gasteiger partial charge >= 0.3 is 0 Å². The molecular weight excluding hydrogens is 309 g/mol. The summed E-state index contributed by atoms with van der Waals surface area (Å²) in [4.78, 5) is 16.9. The molecule has 5 nitrogen and oxygen atoms in total. The Morgan fingerprint density at radius 3 is 2.62 bits per heavy atom. The minimum absolute atomic E-state index is 0.0783. The van der Waals surface area contributed by atoms with E-state index in [1.165, 1.54) is 6.07 Å². The van der Waals surface area contributed by atoms with E-state index < -0.39 is 5.56 Å². The summed E-state index contributed by atoms with van der Waals surface area (Å²) < 4.78 is 19.4. The second-order valence-electron chi connectivity index (χ2n) is 6.58. The molecule has 1 N–H and O–H groups in total. The summed E-state index contributed by atoms with van der Waals surface area (Å²) >= 11 is 0. The van der Waals surface area contributed by atoms with Gasteiger partial charge in [0.1, 0.15) is 17.4 Å². The third-order valence-corrected chi connectivity index (χ3v) is 5.01. The molecule has 1 saturated heterocycles. The Labute approximate surface area is 139 Å². The molecule has 0 radical (unpaired) electrons. The average Bonchev–Trinajstić information content (AvgIpc) is 2.56. The van der Waals surface area contributed by atoms with Crippen LogP contribution in [-0.4, -0.2) is 30.8 Å². The van der Waals surface area contributed by atoms with Gasteiger partial charge in [0.2, 0.25) is 0 Å². The van der Waals surface area contributed by atoms with E-state index in [-0.39, 0.29) is 17.0 Å². The summed E-state index contributed by atoms with van der Waals surface area (Å²) in [5, 5.41) is 10.2. The highest BCUT2D eigenvalue weighted by atomic mass is 19.1. The first-order chi connectivity index (χ1) is 11.4. The minimum atomic E-state index is -0.483. The number of piperidine rings is 1. The van der Waals surface area contributed by atoms with Gasteiger partial charge in [0.15, 0.2) is 0 Å². The predicted octanol–water partition coefficient (Wildman–Crippen LogP) is 2.85. The number of aryl methyl sites for hydroxylation is 1. The molecule has 3 rings (SSSR count). The first kappa shape index (κ1) is 16.5. The van der Waals surface area contributed by atoms with Crippen LogP contribution in [0, 0.1) is 24.1 Å². The molecule has 1 aromatic carbocycles. The highest BCUT2D eigenvalue weighted by molar-refractivity contribution is 5.95. The van der Waals surface area contributed by atoms with Gasteiger partial charge in [0, 0.05) is 25.6 Å². The van der Waals surface area contributed by atoms with Crippen molar-refractivity contribution in [3.63, 3.8) is 0 Å². The van der Waals surface area contributed by atoms with Crippen LogP contribution in [0.3, 0.4) is 0 Å². The smallest absolute Gasteiger partial charge is 0.268 e. The molecule has 24 heavy (non-hydrogen) atoms. The predicted molar refractivity (Wildman–Crippen MR) is 90.8 cm³/mol. The first-order valence-electron chi connectivity index (χ1n) is 7.95. The van der Waals surface area contributed by atoms with Crippen LogP contribution in [0.5, 0.6) is 0 Å². The van der Waals surface area contributed by atoms with Crippen LogP contribution in [0.2, 0.25) is 0 Å². The number of hydrogen-bond donors (Lipinski definition) is 1. The summed E-state index contributed by atoms with van der Waals surface area (Å²) in [5.41, 5.74) is 0.897. The van der Waals surface area contributed by atoms with Gasteiger partial charge in [-0.05, 0) is 44.4 Å². The Morgan fingerprint density at radius 2 is 2.04 bits per heavy atom. The lowest BCUT2D eigenvalue weighted by Crippen LogP contribution is -2.44. The van der Waals surface area contributed by atoms with Crippen molar-refractivity contribution in [1.29, 1.82) is 5.26 Å². The molecule has 1 fully saturated rings. The number of pyridine rings is 1. The number of H-pyrrole nitrogens is 1. The Balaban J connectivity index is 2.17. The second-order valence-corrected chi connectivity index (χ2v) is 6.58. The number of anilines is 1. The first-order valence-corrected chi connectivity index (χ1v) is 7.95. The molecule has 0 amide bonds. The highest BCUT2D eigenvalue weighted by Gasteiger charge is 2.31. The molecule has 1 aliphatic rings. The van der Waals surface area contributed by atoms with E-state index in [0.29, 0.717) is 35.2 Å². The number of benzene rings is 1. The van der Waals surface area contributed by atoms with Crippen molar-refractivity contribution in [1.82, 2.24) is 4.98 Å². The fourth-order valence-electron chi connectivity index (χ4n) is 3.25. The molecule has 6 heteroatoms. The van der Waals surface area contributed by atoms with Crippen molar-refractivity contribution in [3.8, 4) is 6.07 Å². The molecule has 0 aliphatic carbocycles. The summed E-state index contributed by atoms with van der Waals surface area (Å²) in [6, 6.07) is 5.03. The van der Waals surface area contributed by atoms with Crippen LogP contribution in [-0.2, 0) is 4.74 Å². The van der Waals surface area contributed by atoms with Crippen molar-refractivity contribution >= 4 is 16.6 Å². The number of aromatic nitrogens is 1. The number of fused-ring (bicyclic) bond motifs is 1. The van der Waals surface area contributed by atoms with Crippen molar-refractivity contribution in [3.05, 3.63) is 39.4 Å². The molecule has 2 heterocycles. The molecule has 1 aromatic heterocycles. The van der Waals surface area contributed by atoms with E-state index in [2.05, 4.69) is 11.9 Å². The van der Waals surface area contributed by atoms with Gasteiger partial charge in [-0.15, -0.1) is 0 Å². The van der Waals surface area contributed by atoms with Gasteiger partial charge in [0.25, 0.3) is 5.56 Å². The van der Waals surface area contributed by atoms with Crippen LogP contribution in [0.25, 0.3) is 10.9 Å². The standard InChI is InChI=1S/C18H20FN3O2/c1-11-8-12-15(9-14(11)19)21-17(23)13(10-20)16(12)22-6-4-18(2,24-3)5-7-22/h8-9H,4-7H2,1-3H3,(H,21,23). The lowest BCUT2D eigenvalue weighted by Gasteiger charge is -2.40. The van der Waals surface area contributed by atoms with Gasteiger partial charge in [-0.2, -0.15) is 5.26 Å². The summed E-state index contributed by atoms with van der Waals surface area (Å²) in [6.45, 7) is 5.08. The number of halogens is 1.